The number of halogens is 1. The van der Waals surface area contributed by atoms with E-state index >= 15 is 0 Å². The molecule has 0 unspecified atom stereocenters. The van der Waals surface area contributed by atoms with Crippen molar-refractivity contribution in [1.29, 1.82) is 0 Å². The van der Waals surface area contributed by atoms with Crippen LogP contribution in [0.3, 0.4) is 0 Å². The van der Waals surface area contributed by atoms with Gasteiger partial charge in [-0.3, -0.25) is 0 Å². The van der Waals surface area contributed by atoms with Crippen LogP contribution in [0.15, 0.2) is 34.9 Å². The Morgan fingerprint density at radius 2 is 2.07 bits per heavy atom. The highest BCUT2D eigenvalue weighted by Crippen LogP contribution is 2.21. The number of hydrogen-bond acceptors (Lipinski definition) is 0. The molecule has 74 valence electrons. The van der Waals surface area contributed by atoms with Crippen molar-refractivity contribution < 1.29 is 0 Å². The second-order valence-electron chi connectivity index (χ2n) is 4.07. The van der Waals surface area contributed by atoms with E-state index in [9.17, 15) is 0 Å². The minimum absolute atomic E-state index is 0.689. The maximum Gasteiger partial charge on any atom is 0.0481 e. The molecule has 0 aliphatic carbocycles. The Balaban J connectivity index is 2.47. The summed E-state index contributed by atoms with van der Waals surface area (Å²) < 4.78 is 3.46. The minimum atomic E-state index is 0.689. The Bertz CT molecular complexity index is 443. The second kappa shape index (κ2) is 3.77. The lowest BCUT2D eigenvalue weighted by Crippen LogP contribution is -2.02. The van der Waals surface area contributed by atoms with Gasteiger partial charge in [0.1, 0.15) is 0 Å². The minimum Gasteiger partial charge on any atom is -0.347 e. The molecule has 1 aromatic carbocycles. The first-order chi connectivity index (χ1) is 6.66. The van der Waals surface area contributed by atoms with Crippen LogP contribution < -0.4 is 0 Å². The predicted molar refractivity (Wildman–Crippen MR) is 64.5 cm³/mol. The van der Waals surface area contributed by atoms with Gasteiger partial charge in [0, 0.05) is 28.1 Å². The summed E-state index contributed by atoms with van der Waals surface area (Å²) in [4.78, 5) is 0. The molecule has 14 heavy (non-hydrogen) atoms. The van der Waals surface area contributed by atoms with Crippen LogP contribution in [-0.4, -0.2) is 4.57 Å². The van der Waals surface area contributed by atoms with Crippen LogP contribution in [0.2, 0.25) is 0 Å². The lowest BCUT2D eigenvalue weighted by molar-refractivity contribution is 0.535. The molecule has 0 spiro atoms. The summed E-state index contributed by atoms with van der Waals surface area (Å²) in [7, 11) is 0. The standard InChI is InChI=1S/C12H14BrN/c1-9(2)8-14-6-5-10-7-11(13)3-4-12(10)14/h3-7,9H,8H2,1-2H3. The van der Waals surface area contributed by atoms with Crippen molar-refractivity contribution in [3.63, 3.8) is 0 Å². The van der Waals surface area contributed by atoms with Crippen LogP contribution in [0.4, 0.5) is 0 Å². The van der Waals surface area contributed by atoms with Crippen molar-refractivity contribution >= 4 is 26.8 Å². The quantitative estimate of drug-likeness (QED) is 0.759. The summed E-state index contributed by atoms with van der Waals surface area (Å²) in [5.41, 5.74) is 1.32. The van der Waals surface area contributed by atoms with Gasteiger partial charge in [0.15, 0.2) is 0 Å². The van der Waals surface area contributed by atoms with E-state index in [1.165, 1.54) is 10.9 Å². The molecule has 0 atom stereocenters. The van der Waals surface area contributed by atoms with E-state index in [-0.39, 0.29) is 0 Å². The molecule has 2 rings (SSSR count). The highest BCUT2D eigenvalue weighted by molar-refractivity contribution is 9.10. The highest BCUT2D eigenvalue weighted by Gasteiger charge is 2.02. The Hall–Kier alpha value is -0.760. The third-order valence-electron chi connectivity index (χ3n) is 2.29. The van der Waals surface area contributed by atoms with E-state index in [1.54, 1.807) is 0 Å². The molecule has 0 saturated heterocycles. The zero-order valence-electron chi connectivity index (χ0n) is 8.50. The van der Waals surface area contributed by atoms with Gasteiger partial charge in [-0.25, -0.2) is 0 Å². The molecular formula is C12H14BrN. The van der Waals surface area contributed by atoms with Gasteiger partial charge in [-0.05, 0) is 30.2 Å². The predicted octanol–water partition coefficient (Wildman–Crippen LogP) is 4.06. The van der Waals surface area contributed by atoms with E-state index in [0.717, 1.165) is 11.0 Å². The maximum absolute atomic E-state index is 3.48. The SMILES string of the molecule is CC(C)Cn1ccc2cc(Br)ccc21. The largest absolute Gasteiger partial charge is 0.347 e. The van der Waals surface area contributed by atoms with Crippen molar-refractivity contribution in [3.8, 4) is 0 Å². The molecule has 0 fully saturated rings. The van der Waals surface area contributed by atoms with Crippen LogP contribution in [0, 0.1) is 5.92 Å². The van der Waals surface area contributed by atoms with Crippen LogP contribution >= 0.6 is 15.9 Å². The molecule has 1 nitrogen and oxygen atoms in total. The first-order valence-corrected chi connectivity index (χ1v) is 5.70. The number of benzene rings is 1. The first kappa shape index (κ1) is 9.78. The van der Waals surface area contributed by atoms with Crippen molar-refractivity contribution in [1.82, 2.24) is 4.57 Å². The summed E-state index contributed by atoms with van der Waals surface area (Å²) >= 11 is 3.48. The highest BCUT2D eigenvalue weighted by atomic mass is 79.9. The topological polar surface area (TPSA) is 4.93 Å². The van der Waals surface area contributed by atoms with Gasteiger partial charge in [0.2, 0.25) is 0 Å². The van der Waals surface area contributed by atoms with Crippen molar-refractivity contribution in [2.45, 2.75) is 20.4 Å². The van der Waals surface area contributed by atoms with Crippen molar-refractivity contribution in [2.75, 3.05) is 0 Å². The second-order valence-corrected chi connectivity index (χ2v) is 4.98. The molecule has 0 aliphatic rings. The Kier molecular flexibility index (Phi) is 2.64. The number of aromatic nitrogens is 1. The fourth-order valence-corrected chi connectivity index (χ4v) is 2.10. The van der Waals surface area contributed by atoms with Gasteiger partial charge in [-0.2, -0.15) is 0 Å². The average molecular weight is 252 g/mol. The zero-order chi connectivity index (χ0) is 10.1. The molecule has 1 heterocycles. The van der Waals surface area contributed by atoms with Crippen molar-refractivity contribution in [2.24, 2.45) is 5.92 Å². The van der Waals surface area contributed by atoms with Crippen LogP contribution in [0.1, 0.15) is 13.8 Å². The van der Waals surface area contributed by atoms with Crippen LogP contribution in [0.5, 0.6) is 0 Å². The monoisotopic (exact) mass is 251 g/mol. The maximum atomic E-state index is 3.48. The number of nitrogens with zero attached hydrogens (tertiary/aromatic N) is 1. The molecule has 0 aliphatic heterocycles. The first-order valence-electron chi connectivity index (χ1n) is 4.91. The smallest absolute Gasteiger partial charge is 0.0481 e. The molecule has 0 radical (unpaired) electrons. The van der Waals surface area contributed by atoms with Crippen LogP contribution in [0.25, 0.3) is 10.9 Å². The van der Waals surface area contributed by atoms with E-state index < -0.39 is 0 Å². The van der Waals surface area contributed by atoms with Gasteiger partial charge >= 0.3 is 0 Å². The number of fused-ring (bicyclic) bond motifs is 1. The molecule has 1 aromatic heterocycles. The van der Waals surface area contributed by atoms with E-state index in [1.807, 2.05) is 0 Å². The normalized spacial score (nSPS) is 11.4. The Morgan fingerprint density at radius 3 is 2.79 bits per heavy atom. The molecular weight excluding hydrogens is 238 g/mol. The molecule has 2 heteroatoms. The number of hydrogen-bond donors (Lipinski definition) is 0. The summed E-state index contributed by atoms with van der Waals surface area (Å²) in [6.45, 7) is 5.57. The molecule has 0 N–H and O–H groups in total. The lowest BCUT2D eigenvalue weighted by Gasteiger charge is -2.07. The Morgan fingerprint density at radius 1 is 1.29 bits per heavy atom. The van der Waals surface area contributed by atoms with Crippen LogP contribution in [-0.2, 0) is 6.54 Å². The molecule has 0 amide bonds. The summed E-state index contributed by atoms with van der Waals surface area (Å²) in [5.74, 6) is 0.689. The molecule has 2 aromatic rings. The molecule has 0 bridgehead atoms. The third kappa shape index (κ3) is 1.85. The third-order valence-corrected chi connectivity index (χ3v) is 2.79. The van der Waals surface area contributed by atoms with Crippen molar-refractivity contribution in [3.05, 3.63) is 34.9 Å². The fourth-order valence-electron chi connectivity index (χ4n) is 1.72. The van der Waals surface area contributed by atoms with Gasteiger partial charge in [-0.15, -0.1) is 0 Å². The summed E-state index contributed by atoms with van der Waals surface area (Å²) in [6.07, 6.45) is 2.16. The fraction of sp³-hybridized carbons (Fsp3) is 0.333. The Labute approximate surface area is 92.9 Å². The van der Waals surface area contributed by atoms with Gasteiger partial charge in [0.25, 0.3) is 0 Å². The van der Waals surface area contributed by atoms with E-state index in [4.69, 9.17) is 0 Å². The summed E-state index contributed by atoms with van der Waals surface area (Å²) in [6, 6.07) is 8.59. The summed E-state index contributed by atoms with van der Waals surface area (Å²) in [5, 5.41) is 1.31. The number of rotatable bonds is 2. The average Bonchev–Trinajstić information content (AvgIpc) is 2.47. The van der Waals surface area contributed by atoms with Gasteiger partial charge in [0.05, 0.1) is 0 Å². The van der Waals surface area contributed by atoms with Gasteiger partial charge in [-0.1, -0.05) is 29.8 Å². The molecule has 0 saturated carbocycles. The lowest BCUT2D eigenvalue weighted by atomic mass is 10.2. The zero-order valence-corrected chi connectivity index (χ0v) is 10.1. The van der Waals surface area contributed by atoms with Gasteiger partial charge < -0.3 is 4.57 Å². The van der Waals surface area contributed by atoms with E-state index in [2.05, 4.69) is 64.8 Å². The van der Waals surface area contributed by atoms with E-state index in [0.29, 0.717) is 5.92 Å².